The number of ether oxygens (including phenoxy) is 2. The van der Waals surface area contributed by atoms with Crippen LogP contribution in [-0.4, -0.2) is 42.1 Å². The lowest BCUT2D eigenvalue weighted by Crippen LogP contribution is -2.16. The molecule has 0 radical (unpaired) electrons. The van der Waals surface area contributed by atoms with Crippen molar-refractivity contribution in [2.24, 2.45) is 0 Å². The second kappa shape index (κ2) is 11.8. The van der Waals surface area contributed by atoms with Gasteiger partial charge in [0.25, 0.3) is 11.1 Å². The highest BCUT2D eigenvalue weighted by molar-refractivity contribution is 7.91. The number of nitrogens with zero attached hydrogens (tertiary/aromatic N) is 3. The first-order valence-corrected chi connectivity index (χ1v) is 13.3. The van der Waals surface area contributed by atoms with Gasteiger partial charge in [0.1, 0.15) is 36.4 Å². The highest BCUT2D eigenvalue weighted by Gasteiger charge is 2.25. The monoisotopic (exact) mass is 526 g/mol. The summed E-state index contributed by atoms with van der Waals surface area (Å²) in [7, 11) is -3.66. The molecule has 1 heterocycles. The number of aromatic nitrogens is 2. The molecule has 2 aromatic carbocycles. The molecule has 1 N–H and O–H groups in total. The average Bonchev–Trinajstić information content (AvgIpc) is 3.29. The van der Waals surface area contributed by atoms with Gasteiger partial charge in [-0.2, -0.15) is 14.6 Å². The molecular weight excluding hydrogens is 500 g/mol. The Hall–Kier alpha value is -3.75. The first-order valence-electron chi connectivity index (χ1n) is 11.0. The maximum absolute atomic E-state index is 12.5. The number of hydrogen-bond acceptors (Lipinski definition) is 9. The number of anilines is 1. The number of sulfone groups is 1. The van der Waals surface area contributed by atoms with Crippen molar-refractivity contribution < 1.29 is 22.7 Å². The molecule has 0 saturated heterocycles. The summed E-state index contributed by atoms with van der Waals surface area (Å²) in [4.78, 5) is 16.4. The molecule has 36 heavy (non-hydrogen) atoms. The van der Waals surface area contributed by atoms with Crippen molar-refractivity contribution >= 4 is 38.5 Å². The fourth-order valence-corrected chi connectivity index (χ4v) is 4.76. The van der Waals surface area contributed by atoms with E-state index in [4.69, 9.17) is 9.47 Å². The second-order valence-corrected chi connectivity index (χ2v) is 11.3. The molecule has 3 rings (SSSR count). The third kappa shape index (κ3) is 7.13. The molecule has 11 heteroatoms. The van der Waals surface area contributed by atoms with Crippen molar-refractivity contribution in [1.29, 1.82) is 5.26 Å². The Balaban J connectivity index is 1.56. The van der Waals surface area contributed by atoms with Gasteiger partial charge in [-0.15, -0.1) is 0 Å². The topological polar surface area (TPSA) is 131 Å². The van der Waals surface area contributed by atoms with Crippen LogP contribution in [0.2, 0.25) is 0 Å². The SMILES string of the molecule is Cc1cc(C)cc(OCCOc2ccc(/C=C(/C#N)C(=O)Nc3nc(S(=O)(=O)C(C)C)ns3)cc2)c1. The minimum atomic E-state index is -3.66. The predicted molar refractivity (Wildman–Crippen MR) is 138 cm³/mol. The lowest BCUT2D eigenvalue weighted by Gasteiger charge is -2.10. The minimum Gasteiger partial charge on any atom is -0.490 e. The number of amides is 1. The third-order valence-electron chi connectivity index (χ3n) is 4.88. The molecule has 0 aliphatic heterocycles. The molecule has 0 saturated carbocycles. The van der Waals surface area contributed by atoms with E-state index in [-0.39, 0.29) is 15.9 Å². The predicted octanol–water partition coefficient (Wildman–Crippen LogP) is 4.34. The maximum atomic E-state index is 12.5. The number of nitriles is 1. The van der Waals surface area contributed by atoms with Crippen LogP contribution >= 0.6 is 11.5 Å². The number of nitrogens with one attached hydrogen (secondary N) is 1. The third-order valence-corrected chi connectivity index (χ3v) is 7.55. The zero-order valence-electron chi connectivity index (χ0n) is 20.3. The summed E-state index contributed by atoms with van der Waals surface area (Å²) in [5.41, 5.74) is 2.70. The molecule has 9 nitrogen and oxygen atoms in total. The quantitative estimate of drug-likeness (QED) is 0.234. The molecule has 1 aromatic heterocycles. The average molecular weight is 527 g/mol. The van der Waals surface area contributed by atoms with Crippen LogP contribution in [0.3, 0.4) is 0 Å². The number of rotatable bonds is 10. The van der Waals surface area contributed by atoms with Crippen molar-refractivity contribution in [2.45, 2.75) is 38.1 Å². The lowest BCUT2D eigenvalue weighted by atomic mass is 10.1. The molecule has 0 unspecified atom stereocenters. The van der Waals surface area contributed by atoms with E-state index in [1.165, 1.54) is 19.9 Å². The standard InChI is InChI=1S/C25H26N4O5S2/c1-16(2)36(31,32)25-28-24(35-29-25)27-23(30)20(15-26)14-19-5-7-21(8-6-19)33-9-10-34-22-12-17(3)11-18(4)13-22/h5-8,11-14,16H,9-10H2,1-4H3,(H,27,28,29,30)/b20-14-. The zero-order valence-corrected chi connectivity index (χ0v) is 21.9. The largest absolute Gasteiger partial charge is 0.490 e. The lowest BCUT2D eigenvalue weighted by molar-refractivity contribution is -0.112. The number of hydrogen-bond donors (Lipinski definition) is 1. The van der Waals surface area contributed by atoms with E-state index in [0.717, 1.165) is 28.4 Å². The van der Waals surface area contributed by atoms with Crippen molar-refractivity contribution in [3.05, 3.63) is 64.7 Å². The Morgan fingerprint density at radius 1 is 1.08 bits per heavy atom. The Labute approximate surface area is 214 Å². The number of aryl methyl sites for hydroxylation is 2. The van der Waals surface area contributed by atoms with Gasteiger partial charge in [-0.1, -0.05) is 18.2 Å². The van der Waals surface area contributed by atoms with E-state index in [0.29, 0.717) is 24.5 Å². The van der Waals surface area contributed by atoms with Crippen LogP contribution < -0.4 is 14.8 Å². The maximum Gasteiger partial charge on any atom is 0.268 e. The van der Waals surface area contributed by atoms with Gasteiger partial charge in [-0.05, 0) is 74.7 Å². The molecule has 3 aromatic rings. The van der Waals surface area contributed by atoms with Crippen LogP contribution in [0.1, 0.15) is 30.5 Å². The molecule has 0 bridgehead atoms. The number of benzene rings is 2. The first-order chi connectivity index (χ1) is 17.1. The van der Waals surface area contributed by atoms with E-state index < -0.39 is 21.0 Å². The highest BCUT2D eigenvalue weighted by atomic mass is 32.2. The van der Waals surface area contributed by atoms with Gasteiger partial charge in [0.15, 0.2) is 0 Å². The number of carbonyl (C=O) groups is 1. The number of carbonyl (C=O) groups excluding carboxylic acids is 1. The van der Waals surface area contributed by atoms with Crippen LogP contribution in [0.4, 0.5) is 5.13 Å². The van der Waals surface area contributed by atoms with Crippen LogP contribution in [0.5, 0.6) is 11.5 Å². The van der Waals surface area contributed by atoms with Gasteiger partial charge in [0, 0.05) is 11.5 Å². The molecule has 0 aliphatic rings. The molecule has 0 spiro atoms. The van der Waals surface area contributed by atoms with Crippen LogP contribution in [-0.2, 0) is 14.6 Å². The van der Waals surface area contributed by atoms with E-state index in [1.54, 1.807) is 24.3 Å². The Morgan fingerprint density at radius 2 is 1.69 bits per heavy atom. The fraction of sp³-hybridized carbons (Fsp3) is 0.280. The normalized spacial score (nSPS) is 11.7. The molecule has 0 fully saturated rings. The van der Waals surface area contributed by atoms with Gasteiger partial charge in [0.05, 0.1) is 5.25 Å². The Bertz CT molecular complexity index is 1380. The molecule has 0 aliphatic carbocycles. The molecule has 1 amide bonds. The Morgan fingerprint density at radius 3 is 2.28 bits per heavy atom. The fourth-order valence-electron chi connectivity index (χ4n) is 3.06. The zero-order chi connectivity index (χ0) is 26.3. The molecule has 188 valence electrons. The van der Waals surface area contributed by atoms with Gasteiger partial charge in [0.2, 0.25) is 15.0 Å². The minimum absolute atomic E-state index is 0.00725. The smallest absolute Gasteiger partial charge is 0.268 e. The summed E-state index contributed by atoms with van der Waals surface area (Å²) in [6, 6.07) is 14.7. The van der Waals surface area contributed by atoms with Gasteiger partial charge >= 0.3 is 0 Å². The summed E-state index contributed by atoms with van der Waals surface area (Å²) in [6.45, 7) is 7.79. The first kappa shape index (κ1) is 26.8. The van der Waals surface area contributed by atoms with E-state index in [2.05, 4.69) is 20.7 Å². The van der Waals surface area contributed by atoms with Crippen molar-refractivity contribution in [3.8, 4) is 17.6 Å². The van der Waals surface area contributed by atoms with Gasteiger partial charge in [-0.25, -0.2) is 8.42 Å². The summed E-state index contributed by atoms with van der Waals surface area (Å²) in [5, 5.41) is 10.8. The van der Waals surface area contributed by atoms with Crippen LogP contribution in [0.15, 0.2) is 53.2 Å². The highest BCUT2D eigenvalue weighted by Crippen LogP contribution is 2.20. The second-order valence-electron chi connectivity index (χ2n) is 8.19. The van der Waals surface area contributed by atoms with E-state index in [1.807, 2.05) is 32.0 Å². The van der Waals surface area contributed by atoms with Gasteiger partial charge < -0.3 is 9.47 Å². The van der Waals surface area contributed by atoms with E-state index in [9.17, 15) is 18.5 Å². The Kier molecular flexibility index (Phi) is 8.79. The van der Waals surface area contributed by atoms with Gasteiger partial charge in [-0.3, -0.25) is 10.1 Å². The molecule has 0 atom stereocenters. The summed E-state index contributed by atoms with van der Waals surface area (Å²) in [6.07, 6.45) is 1.41. The van der Waals surface area contributed by atoms with Crippen molar-refractivity contribution in [2.75, 3.05) is 18.5 Å². The van der Waals surface area contributed by atoms with E-state index >= 15 is 0 Å². The van der Waals surface area contributed by atoms with Crippen molar-refractivity contribution in [3.63, 3.8) is 0 Å². The summed E-state index contributed by atoms with van der Waals surface area (Å²) >= 11 is 0.732. The van der Waals surface area contributed by atoms with Crippen LogP contribution in [0, 0.1) is 25.2 Å². The van der Waals surface area contributed by atoms with Crippen molar-refractivity contribution in [1.82, 2.24) is 9.36 Å². The molecular formula is C25H26N4O5S2. The van der Waals surface area contributed by atoms with Crippen LogP contribution in [0.25, 0.3) is 6.08 Å². The summed E-state index contributed by atoms with van der Waals surface area (Å²) < 4.78 is 39.5. The summed E-state index contributed by atoms with van der Waals surface area (Å²) in [5.74, 6) is 0.697.